The van der Waals surface area contributed by atoms with Crippen molar-refractivity contribution in [3.8, 4) is 11.5 Å². The lowest BCUT2D eigenvalue weighted by Gasteiger charge is -2.18. The number of hydrogen-bond donors (Lipinski definition) is 0. The minimum atomic E-state index is 0.682. The van der Waals surface area contributed by atoms with Crippen LogP contribution in [0.2, 0.25) is 0 Å². The second-order valence-electron chi connectivity index (χ2n) is 3.70. The Labute approximate surface area is 99.2 Å². The normalized spacial score (nSPS) is 10.2. The summed E-state index contributed by atoms with van der Waals surface area (Å²) < 4.78 is 11.0. The number of methoxy groups -OCH3 is 1. The van der Waals surface area contributed by atoms with Crippen molar-refractivity contribution in [1.82, 2.24) is 0 Å². The molecule has 16 heavy (non-hydrogen) atoms. The van der Waals surface area contributed by atoms with E-state index in [9.17, 15) is 4.79 Å². The van der Waals surface area contributed by atoms with E-state index in [0.717, 1.165) is 45.2 Å². The van der Waals surface area contributed by atoms with Crippen molar-refractivity contribution in [1.29, 1.82) is 0 Å². The van der Waals surface area contributed by atoms with Gasteiger partial charge in [-0.15, -0.1) is 0 Å². The van der Waals surface area contributed by atoms with Crippen LogP contribution in [-0.4, -0.2) is 29.9 Å². The molecule has 1 rings (SSSR count). The molecule has 0 atom stereocenters. The Morgan fingerprint density at radius 2 is 1.75 bits per heavy atom. The van der Waals surface area contributed by atoms with Gasteiger partial charge in [0.05, 0.1) is 23.6 Å². The van der Waals surface area contributed by atoms with Crippen LogP contribution in [0.5, 0.6) is 11.5 Å². The van der Waals surface area contributed by atoms with E-state index < -0.39 is 0 Å². The highest BCUT2D eigenvalue weighted by Gasteiger charge is 2.18. The van der Waals surface area contributed by atoms with Crippen LogP contribution in [0, 0.1) is 20.8 Å². The fourth-order valence-corrected chi connectivity index (χ4v) is 2.15. The van der Waals surface area contributed by atoms with E-state index >= 15 is 0 Å². The van der Waals surface area contributed by atoms with E-state index in [1.165, 1.54) is 0 Å². The van der Waals surface area contributed by atoms with Crippen molar-refractivity contribution in [3.63, 3.8) is 0 Å². The van der Waals surface area contributed by atoms with Crippen LogP contribution in [0.1, 0.15) is 27.0 Å². The van der Waals surface area contributed by atoms with E-state index in [4.69, 9.17) is 9.47 Å². The monoisotopic (exact) mass is 238 g/mol. The van der Waals surface area contributed by atoms with Crippen molar-refractivity contribution >= 4 is 16.5 Å². The maximum atomic E-state index is 11.0. The zero-order valence-corrected chi connectivity index (χ0v) is 12.5. The largest absolute Gasteiger partial charge is 0.494 e. The molecule has 1 aromatic carbocycles. The molecular formula is C12H18O3Si. The van der Waals surface area contributed by atoms with Gasteiger partial charge in [0.2, 0.25) is 0 Å². The van der Waals surface area contributed by atoms with Crippen LogP contribution in [0.15, 0.2) is 0 Å². The highest BCUT2D eigenvalue weighted by atomic mass is 28.1. The van der Waals surface area contributed by atoms with Gasteiger partial charge in [-0.2, -0.15) is 0 Å². The Kier molecular flexibility index (Phi) is 4.12. The van der Waals surface area contributed by atoms with Crippen LogP contribution >= 0.6 is 0 Å². The minimum absolute atomic E-state index is 0.682. The Hall–Kier alpha value is -1.29. The number of rotatable bonds is 4. The lowest BCUT2D eigenvalue weighted by Crippen LogP contribution is -2.06. The third-order valence-corrected chi connectivity index (χ3v) is 3.16. The van der Waals surface area contributed by atoms with Gasteiger partial charge in [-0.3, -0.25) is 4.79 Å². The molecule has 3 nitrogen and oxygen atoms in total. The number of benzene rings is 1. The number of aldehydes is 1. The molecule has 0 heterocycles. The number of hydrogen-bond acceptors (Lipinski definition) is 3. The summed E-state index contributed by atoms with van der Waals surface area (Å²) in [5, 5.41) is 0. The first-order valence-electron chi connectivity index (χ1n) is 5.34. The minimum Gasteiger partial charge on any atom is -0.494 e. The van der Waals surface area contributed by atoms with Crippen molar-refractivity contribution in [3.05, 3.63) is 22.3 Å². The van der Waals surface area contributed by atoms with E-state index in [1.54, 1.807) is 7.11 Å². The van der Waals surface area contributed by atoms with Gasteiger partial charge in [-0.05, 0) is 31.9 Å². The van der Waals surface area contributed by atoms with Crippen molar-refractivity contribution in [2.75, 3.05) is 13.3 Å². The lowest BCUT2D eigenvalue weighted by atomic mass is 9.97. The van der Waals surface area contributed by atoms with Crippen LogP contribution in [-0.2, 0) is 0 Å². The molecule has 0 N–H and O–H groups in total. The summed E-state index contributed by atoms with van der Waals surface area (Å²) in [6, 6.07) is 0. The van der Waals surface area contributed by atoms with E-state index in [2.05, 4.69) is 0 Å². The maximum absolute atomic E-state index is 11.0. The predicted octanol–water partition coefficient (Wildman–Crippen LogP) is 1.13. The number of carbonyl (C=O) groups is 1. The molecule has 88 valence electrons. The van der Waals surface area contributed by atoms with Crippen molar-refractivity contribution < 1.29 is 14.3 Å². The molecule has 0 bridgehead atoms. The molecule has 0 unspecified atom stereocenters. The second kappa shape index (κ2) is 5.16. The van der Waals surface area contributed by atoms with Gasteiger partial charge in [0.1, 0.15) is 0 Å². The molecule has 0 aliphatic heterocycles. The van der Waals surface area contributed by atoms with Gasteiger partial charge in [0.25, 0.3) is 0 Å². The SMILES string of the molecule is COc1c(C)c(C=O)c(C)c(C)c1OC[SiH3]. The zero-order valence-electron chi connectivity index (χ0n) is 10.5. The first kappa shape index (κ1) is 12.8. The third-order valence-electron chi connectivity index (χ3n) is 2.87. The molecule has 0 aromatic heterocycles. The summed E-state index contributed by atoms with van der Waals surface area (Å²) >= 11 is 0. The Morgan fingerprint density at radius 1 is 1.12 bits per heavy atom. The van der Waals surface area contributed by atoms with Crippen LogP contribution in [0.4, 0.5) is 0 Å². The molecule has 0 saturated heterocycles. The Morgan fingerprint density at radius 3 is 2.19 bits per heavy atom. The highest BCUT2D eigenvalue weighted by Crippen LogP contribution is 2.38. The average Bonchev–Trinajstić information content (AvgIpc) is 2.27. The Balaban J connectivity index is 3.56. The van der Waals surface area contributed by atoms with E-state index in [1.807, 2.05) is 20.8 Å². The lowest BCUT2D eigenvalue weighted by molar-refractivity contribution is 0.112. The number of carbonyl (C=O) groups excluding carboxylic acids is 1. The number of ether oxygens (including phenoxy) is 2. The van der Waals surface area contributed by atoms with Crippen molar-refractivity contribution in [2.24, 2.45) is 0 Å². The molecule has 0 radical (unpaired) electrons. The topological polar surface area (TPSA) is 35.5 Å². The fourth-order valence-electron chi connectivity index (χ4n) is 1.86. The molecule has 1 aromatic rings. The van der Waals surface area contributed by atoms with Crippen LogP contribution in [0.3, 0.4) is 0 Å². The summed E-state index contributed by atoms with van der Waals surface area (Å²) in [4.78, 5) is 11.0. The quantitative estimate of drug-likeness (QED) is 0.583. The van der Waals surface area contributed by atoms with Gasteiger partial charge in [0.15, 0.2) is 17.8 Å². The summed E-state index contributed by atoms with van der Waals surface area (Å²) in [7, 11) is 2.57. The van der Waals surface area contributed by atoms with Gasteiger partial charge in [0, 0.05) is 11.1 Å². The molecule has 0 spiro atoms. The molecule has 0 aliphatic carbocycles. The highest BCUT2D eigenvalue weighted by molar-refractivity contribution is 6.08. The maximum Gasteiger partial charge on any atom is 0.164 e. The summed E-state index contributed by atoms with van der Waals surface area (Å²) in [5.41, 5.74) is 3.51. The summed E-state index contributed by atoms with van der Waals surface area (Å²) in [6.07, 6.45) is 1.60. The molecular weight excluding hydrogens is 220 g/mol. The van der Waals surface area contributed by atoms with Gasteiger partial charge in [-0.25, -0.2) is 0 Å². The van der Waals surface area contributed by atoms with Gasteiger partial charge < -0.3 is 9.47 Å². The summed E-state index contributed by atoms with van der Waals surface area (Å²) in [5.74, 6) is 1.46. The van der Waals surface area contributed by atoms with Gasteiger partial charge in [-0.1, -0.05) is 0 Å². The van der Waals surface area contributed by atoms with E-state index in [-0.39, 0.29) is 0 Å². The molecule has 0 amide bonds. The first-order valence-corrected chi connectivity index (χ1v) is 6.75. The predicted molar refractivity (Wildman–Crippen MR) is 68.0 cm³/mol. The third kappa shape index (κ3) is 1.97. The fraction of sp³-hybridized carbons (Fsp3) is 0.417. The first-order chi connectivity index (χ1) is 7.58. The summed E-state index contributed by atoms with van der Waals surface area (Å²) in [6.45, 7) is 5.78. The Bertz CT molecular complexity index is 413. The molecule has 4 heteroatoms. The second-order valence-corrected chi connectivity index (χ2v) is 4.28. The molecule has 0 fully saturated rings. The van der Waals surface area contributed by atoms with Crippen molar-refractivity contribution in [2.45, 2.75) is 20.8 Å². The molecule has 0 saturated carbocycles. The van der Waals surface area contributed by atoms with Crippen LogP contribution < -0.4 is 9.47 Å². The average molecular weight is 238 g/mol. The molecule has 0 aliphatic rings. The zero-order chi connectivity index (χ0) is 12.3. The van der Waals surface area contributed by atoms with Crippen LogP contribution in [0.25, 0.3) is 0 Å². The van der Waals surface area contributed by atoms with Gasteiger partial charge >= 0.3 is 0 Å². The van der Waals surface area contributed by atoms with E-state index in [0.29, 0.717) is 11.3 Å². The standard InChI is InChI=1S/C12H18O3Si/c1-7-8(2)12(15-6-16)11(14-4)9(3)10(7)5-13/h5H,6H2,1-4,16H3. The smallest absolute Gasteiger partial charge is 0.164 e.